The van der Waals surface area contributed by atoms with E-state index in [-0.39, 0.29) is 23.1 Å². The number of para-hydroxylation sites is 1. The number of aromatic nitrogens is 1. The van der Waals surface area contributed by atoms with E-state index in [4.69, 9.17) is 4.74 Å². The van der Waals surface area contributed by atoms with Gasteiger partial charge in [0.1, 0.15) is 0 Å². The van der Waals surface area contributed by atoms with Crippen LogP contribution in [0.15, 0.2) is 24.3 Å². The van der Waals surface area contributed by atoms with Gasteiger partial charge < -0.3 is 9.72 Å². The zero-order valence-corrected chi connectivity index (χ0v) is 17.1. The van der Waals surface area contributed by atoms with Gasteiger partial charge in [0, 0.05) is 22.2 Å². The first kappa shape index (κ1) is 19.7. The molecule has 1 fully saturated rings. The Hall–Kier alpha value is -2.10. The second-order valence-electron chi connectivity index (χ2n) is 9.03. The van der Waals surface area contributed by atoms with Gasteiger partial charge in [-0.15, -0.1) is 0 Å². The highest BCUT2D eigenvalue weighted by Gasteiger charge is 2.34. The predicted octanol–water partition coefficient (Wildman–Crippen LogP) is 5.44. The minimum atomic E-state index is -0.768. The van der Waals surface area contributed by atoms with E-state index >= 15 is 0 Å². The zero-order valence-electron chi connectivity index (χ0n) is 17.1. The molecule has 3 rings (SSSR count). The highest BCUT2D eigenvalue weighted by Crippen LogP contribution is 2.40. The fraction of sp³-hybridized carbons (Fsp3) is 0.565. The van der Waals surface area contributed by atoms with E-state index in [0.29, 0.717) is 11.5 Å². The zero-order chi connectivity index (χ0) is 19.8. The number of aromatic amines is 1. The summed E-state index contributed by atoms with van der Waals surface area (Å²) in [7, 11) is 0. The van der Waals surface area contributed by atoms with Gasteiger partial charge in [-0.3, -0.25) is 9.59 Å². The summed E-state index contributed by atoms with van der Waals surface area (Å²) in [5.74, 6) is 0.208. The van der Waals surface area contributed by atoms with Gasteiger partial charge in [0.05, 0.1) is 5.92 Å². The van der Waals surface area contributed by atoms with Crippen molar-refractivity contribution in [2.75, 3.05) is 0 Å². The van der Waals surface area contributed by atoms with Crippen molar-refractivity contribution in [3.63, 3.8) is 0 Å². The number of hydrogen-bond donors (Lipinski definition) is 1. The second kappa shape index (κ2) is 7.49. The van der Waals surface area contributed by atoms with Crippen LogP contribution in [0.4, 0.5) is 0 Å². The molecule has 1 N–H and O–H groups in total. The molecule has 1 aromatic heterocycles. The van der Waals surface area contributed by atoms with Crippen LogP contribution in [0.5, 0.6) is 0 Å². The highest BCUT2D eigenvalue weighted by molar-refractivity contribution is 6.11. The average Bonchev–Trinajstić information content (AvgIpc) is 2.96. The van der Waals surface area contributed by atoms with E-state index in [1.807, 2.05) is 31.2 Å². The van der Waals surface area contributed by atoms with Crippen LogP contribution in [-0.2, 0) is 9.53 Å². The molecule has 0 amide bonds. The molecule has 1 aliphatic carbocycles. The van der Waals surface area contributed by atoms with Crippen LogP contribution in [0.1, 0.15) is 69.4 Å². The second-order valence-corrected chi connectivity index (χ2v) is 9.03. The quantitative estimate of drug-likeness (QED) is 0.576. The molecule has 1 saturated carbocycles. The normalized spacial score (nSPS) is 21.8. The van der Waals surface area contributed by atoms with E-state index in [2.05, 4.69) is 25.8 Å². The summed E-state index contributed by atoms with van der Waals surface area (Å²) < 4.78 is 5.60. The summed E-state index contributed by atoms with van der Waals surface area (Å²) >= 11 is 0. The smallest absolute Gasteiger partial charge is 0.309 e. The number of ether oxygens (including phenoxy) is 1. The van der Waals surface area contributed by atoms with E-state index in [1.54, 1.807) is 6.92 Å². The molecule has 0 radical (unpaired) electrons. The van der Waals surface area contributed by atoms with E-state index in [1.165, 1.54) is 0 Å². The lowest BCUT2D eigenvalue weighted by Crippen LogP contribution is -2.33. The maximum Gasteiger partial charge on any atom is 0.309 e. The first-order valence-electron chi connectivity index (χ1n) is 10.0. The van der Waals surface area contributed by atoms with E-state index in [9.17, 15) is 9.59 Å². The Kier molecular flexibility index (Phi) is 5.45. The molecule has 1 aliphatic rings. The first-order chi connectivity index (χ1) is 12.7. The Bertz CT molecular complexity index is 835. The van der Waals surface area contributed by atoms with Crippen LogP contribution in [0, 0.1) is 24.2 Å². The molecular formula is C23H31NO3. The van der Waals surface area contributed by atoms with Gasteiger partial charge in [-0.2, -0.15) is 0 Å². The highest BCUT2D eigenvalue weighted by atomic mass is 16.5. The lowest BCUT2D eigenvalue weighted by Gasteiger charge is -2.36. The SMILES string of the molecule is Cc1[nH]c2ccccc2c1C(=O)[C@@H](C)OC(=O)C1CCC(C(C)(C)C)CC1. The van der Waals surface area contributed by atoms with Crippen LogP contribution in [0.2, 0.25) is 0 Å². The summed E-state index contributed by atoms with van der Waals surface area (Å²) in [6.07, 6.45) is 3.04. The maximum absolute atomic E-state index is 12.9. The van der Waals surface area contributed by atoms with Crippen molar-refractivity contribution in [1.82, 2.24) is 4.98 Å². The molecule has 146 valence electrons. The number of carbonyl (C=O) groups is 2. The summed E-state index contributed by atoms with van der Waals surface area (Å²) in [5.41, 5.74) is 2.65. The van der Waals surface area contributed by atoms with Gasteiger partial charge >= 0.3 is 5.97 Å². The lowest BCUT2D eigenvalue weighted by atomic mass is 9.70. The number of carbonyl (C=O) groups excluding carboxylic acids is 2. The molecule has 2 aromatic rings. The molecule has 0 saturated heterocycles. The molecule has 0 unspecified atom stereocenters. The molecule has 1 heterocycles. The maximum atomic E-state index is 12.9. The monoisotopic (exact) mass is 369 g/mol. The van der Waals surface area contributed by atoms with Crippen molar-refractivity contribution in [2.24, 2.45) is 17.3 Å². The number of fused-ring (bicyclic) bond motifs is 1. The van der Waals surface area contributed by atoms with Gasteiger partial charge in [0.25, 0.3) is 0 Å². The predicted molar refractivity (Wildman–Crippen MR) is 108 cm³/mol. The third-order valence-corrected chi connectivity index (χ3v) is 6.09. The number of rotatable bonds is 4. The third-order valence-electron chi connectivity index (χ3n) is 6.09. The Balaban J connectivity index is 1.65. The lowest BCUT2D eigenvalue weighted by molar-refractivity contribution is -0.153. The molecule has 1 atom stereocenters. The van der Waals surface area contributed by atoms with Gasteiger partial charge in [0.15, 0.2) is 6.10 Å². The standard InChI is InChI=1S/C23H31NO3/c1-14-20(18-8-6-7-9-19(18)24-14)21(25)15(2)27-22(26)16-10-12-17(13-11-16)23(3,4)5/h6-9,15-17,24H,10-13H2,1-5H3/t15-,16?,17?/m1/s1. The number of hydrogen-bond acceptors (Lipinski definition) is 3. The number of H-pyrrole nitrogens is 1. The van der Waals surface area contributed by atoms with Crippen molar-refractivity contribution in [1.29, 1.82) is 0 Å². The van der Waals surface area contributed by atoms with Gasteiger partial charge in [-0.05, 0) is 56.9 Å². The molecule has 1 aromatic carbocycles. The third kappa shape index (κ3) is 4.10. The van der Waals surface area contributed by atoms with Crippen LogP contribution >= 0.6 is 0 Å². The Morgan fingerprint density at radius 1 is 1.11 bits per heavy atom. The molecule has 4 nitrogen and oxygen atoms in total. The first-order valence-corrected chi connectivity index (χ1v) is 10.0. The van der Waals surface area contributed by atoms with Crippen LogP contribution in [0.3, 0.4) is 0 Å². The number of Topliss-reactive ketones (excluding diaryl/α,β-unsaturated/α-hetero) is 1. The summed E-state index contributed by atoms with van der Waals surface area (Å²) in [6.45, 7) is 10.4. The minimum absolute atomic E-state index is 0.0806. The molecule has 0 aliphatic heterocycles. The van der Waals surface area contributed by atoms with E-state index in [0.717, 1.165) is 42.3 Å². The number of ketones is 1. The van der Waals surface area contributed by atoms with Crippen molar-refractivity contribution >= 4 is 22.7 Å². The number of benzene rings is 1. The van der Waals surface area contributed by atoms with Gasteiger partial charge in [-0.25, -0.2) is 0 Å². The number of esters is 1. The van der Waals surface area contributed by atoms with Crippen molar-refractivity contribution in [2.45, 2.75) is 66.4 Å². The summed E-state index contributed by atoms with van der Waals surface area (Å²) in [6, 6.07) is 7.72. The minimum Gasteiger partial charge on any atom is -0.454 e. The van der Waals surface area contributed by atoms with Crippen molar-refractivity contribution in [3.8, 4) is 0 Å². The van der Waals surface area contributed by atoms with Gasteiger partial charge in [-0.1, -0.05) is 39.0 Å². The van der Waals surface area contributed by atoms with Crippen molar-refractivity contribution < 1.29 is 14.3 Å². The molecular weight excluding hydrogens is 338 g/mol. The van der Waals surface area contributed by atoms with Crippen LogP contribution < -0.4 is 0 Å². The van der Waals surface area contributed by atoms with Crippen LogP contribution in [0.25, 0.3) is 10.9 Å². The number of nitrogens with one attached hydrogen (secondary N) is 1. The average molecular weight is 370 g/mol. The molecule has 0 spiro atoms. The fourth-order valence-electron chi connectivity index (χ4n) is 4.32. The number of aryl methyl sites for hydroxylation is 1. The van der Waals surface area contributed by atoms with E-state index < -0.39 is 6.10 Å². The Morgan fingerprint density at radius 2 is 1.74 bits per heavy atom. The largest absolute Gasteiger partial charge is 0.454 e. The molecule has 4 heteroatoms. The summed E-state index contributed by atoms with van der Waals surface area (Å²) in [5, 5.41) is 0.883. The molecule has 27 heavy (non-hydrogen) atoms. The van der Waals surface area contributed by atoms with Crippen molar-refractivity contribution in [3.05, 3.63) is 35.5 Å². The van der Waals surface area contributed by atoms with Crippen LogP contribution in [-0.4, -0.2) is 22.8 Å². The fourth-order valence-corrected chi connectivity index (χ4v) is 4.32. The summed E-state index contributed by atoms with van der Waals surface area (Å²) in [4.78, 5) is 28.8. The molecule has 0 bridgehead atoms. The Labute approximate surface area is 161 Å². The topological polar surface area (TPSA) is 59.2 Å². The Morgan fingerprint density at radius 3 is 2.37 bits per heavy atom. The van der Waals surface area contributed by atoms with Gasteiger partial charge in [0.2, 0.25) is 5.78 Å².